The van der Waals surface area contributed by atoms with Crippen molar-refractivity contribution in [3.8, 4) is 5.75 Å². The fourth-order valence-corrected chi connectivity index (χ4v) is 3.08. The number of hydrazine groups is 1. The summed E-state index contributed by atoms with van der Waals surface area (Å²) in [6.45, 7) is 2.77. The van der Waals surface area contributed by atoms with Crippen molar-refractivity contribution in [2.75, 3.05) is 20.6 Å². The van der Waals surface area contributed by atoms with Gasteiger partial charge in [0.1, 0.15) is 5.75 Å². The smallest absolute Gasteiger partial charge is 0.140 e. The van der Waals surface area contributed by atoms with Gasteiger partial charge in [-0.1, -0.05) is 6.42 Å². The predicted molar refractivity (Wildman–Crippen MR) is 98.1 cm³/mol. The van der Waals surface area contributed by atoms with E-state index >= 15 is 0 Å². The molecule has 0 spiro atoms. The van der Waals surface area contributed by atoms with Gasteiger partial charge >= 0.3 is 0 Å². The highest BCUT2D eigenvalue weighted by Gasteiger charge is 2.17. The maximum atomic E-state index is 6.31. The molecule has 0 aliphatic heterocycles. The largest absolute Gasteiger partial charge is 0.489 e. The van der Waals surface area contributed by atoms with E-state index in [0.717, 1.165) is 48.6 Å². The number of nitrogens with two attached hydrogens (primary N) is 2. The highest BCUT2D eigenvalue weighted by Crippen LogP contribution is 2.26. The first-order valence-electron chi connectivity index (χ1n) is 8.79. The second-order valence-corrected chi connectivity index (χ2v) is 6.48. The molecule has 24 heavy (non-hydrogen) atoms. The summed E-state index contributed by atoms with van der Waals surface area (Å²) in [5, 5.41) is 4.68. The van der Waals surface area contributed by atoms with E-state index in [1.807, 2.05) is 26.1 Å². The van der Waals surface area contributed by atoms with Gasteiger partial charge in [-0.2, -0.15) is 0 Å². The number of hydrogen-bond donors (Lipinski definition) is 3. The van der Waals surface area contributed by atoms with Crippen molar-refractivity contribution in [2.24, 2.45) is 11.6 Å². The molecule has 5 N–H and O–H groups in total. The molecule has 0 aromatic carbocycles. The molecular formula is C18H31N5O. The molecule has 134 valence electrons. The van der Waals surface area contributed by atoms with Crippen LogP contribution in [0.5, 0.6) is 5.75 Å². The number of nitrogens with zero attached hydrogens (tertiary/aromatic N) is 2. The van der Waals surface area contributed by atoms with E-state index in [1.165, 1.54) is 19.3 Å². The number of hydrogen-bond acceptors (Lipinski definition) is 6. The van der Waals surface area contributed by atoms with Gasteiger partial charge in [0.25, 0.3) is 0 Å². The van der Waals surface area contributed by atoms with Gasteiger partial charge in [0.2, 0.25) is 0 Å². The van der Waals surface area contributed by atoms with Gasteiger partial charge in [0, 0.05) is 20.0 Å². The molecular weight excluding hydrogens is 302 g/mol. The van der Waals surface area contributed by atoms with Crippen LogP contribution in [0, 0.1) is 6.92 Å². The van der Waals surface area contributed by atoms with Gasteiger partial charge in [-0.3, -0.25) is 0 Å². The van der Waals surface area contributed by atoms with Gasteiger partial charge in [-0.15, -0.1) is 0 Å². The molecule has 1 aliphatic rings. The Kier molecular flexibility index (Phi) is 6.87. The maximum Gasteiger partial charge on any atom is 0.140 e. The van der Waals surface area contributed by atoms with E-state index in [4.69, 9.17) is 16.3 Å². The summed E-state index contributed by atoms with van der Waals surface area (Å²) < 4.78 is 6.13. The zero-order valence-electron chi connectivity index (χ0n) is 15.1. The first kappa shape index (κ1) is 18.5. The molecule has 1 aromatic rings. The van der Waals surface area contributed by atoms with Gasteiger partial charge < -0.3 is 20.8 Å². The lowest BCUT2D eigenvalue weighted by atomic mass is 9.98. The van der Waals surface area contributed by atoms with Gasteiger partial charge in [-0.05, 0) is 51.8 Å². The molecule has 1 aliphatic carbocycles. The lowest BCUT2D eigenvalue weighted by Crippen LogP contribution is -2.29. The second-order valence-electron chi connectivity index (χ2n) is 6.48. The minimum Gasteiger partial charge on any atom is -0.489 e. The van der Waals surface area contributed by atoms with Crippen LogP contribution in [-0.4, -0.2) is 36.7 Å². The van der Waals surface area contributed by atoms with Crippen LogP contribution in [0.15, 0.2) is 17.8 Å². The van der Waals surface area contributed by atoms with Crippen molar-refractivity contribution in [1.82, 2.24) is 15.3 Å². The average Bonchev–Trinajstić information content (AvgIpc) is 2.57. The minimum atomic E-state index is 0.319. The molecule has 0 atom stereocenters. The summed E-state index contributed by atoms with van der Waals surface area (Å²) in [6.07, 6.45) is 7.16. The van der Waals surface area contributed by atoms with E-state index < -0.39 is 0 Å². The predicted octanol–water partition coefficient (Wildman–Crippen LogP) is 2.14. The zero-order valence-corrected chi connectivity index (χ0v) is 15.1. The topological polar surface area (TPSA) is 89.4 Å². The van der Waals surface area contributed by atoms with Crippen molar-refractivity contribution in [3.63, 3.8) is 0 Å². The van der Waals surface area contributed by atoms with Gasteiger partial charge in [0.15, 0.2) is 0 Å². The van der Waals surface area contributed by atoms with Crippen LogP contribution >= 0.6 is 0 Å². The van der Waals surface area contributed by atoms with Crippen LogP contribution in [0.1, 0.15) is 49.9 Å². The summed E-state index contributed by atoms with van der Waals surface area (Å²) >= 11 is 0. The van der Waals surface area contributed by atoms with Crippen molar-refractivity contribution >= 4 is 5.70 Å². The summed E-state index contributed by atoms with van der Waals surface area (Å²) in [4.78, 5) is 4.64. The van der Waals surface area contributed by atoms with E-state index in [1.54, 1.807) is 12.1 Å². The Hall–Kier alpha value is -1.79. The Morgan fingerprint density at radius 3 is 2.62 bits per heavy atom. The number of ether oxygens (including phenoxy) is 1. The summed E-state index contributed by atoms with van der Waals surface area (Å²) in [7, 11) is 3.70. The third-order valence-electron chi connectivity index (χ3n) is 4.51. The third kappa shape index (κ3) is 4.85. The Labute approximate surface area is 145 Å². The van der Waals surface area contributed by atoms with Crippen molar-refractivity contribution < 1.29 is 4.74 Å². The summed E-state index contributed by atoms with van der Waals surface area (Å²) in [5.41, 5.74) is 9.41. The lowest BCUT2D eigenvalue weighted by molar-refractivity contribution is 0.153. The van der Waals surface area contributed by atoms with E-state index in [0.29, 0.717) is 11.8 Å². The fourth-order valence-electron chi connectivity index (χ4n) is 3.08. The lowest BCUT2D eigenvalue weighted by Gasteiger charge is -2.24. The molecule has 0 saturated heterocycles. The Bertz CT molecular complexity index is 565. The molecule has 1 saturated carbocycles. The minimum absolute atomic E-state index is 0.319. The van der Waals surface area contributed by atoms with Crippen LogP contribution in [-0.2, 0) is 0 Å². The quantitative estimate of drug-likeness (QED) is 0.523. The molecule has 1 aromatic heterocycles. The molecule has 1 heterocycles. The van der Waals surface area contributed by atoms with Gasteiger partial charge in [0.05, 0.1) is 28.9 Å². The van der Waals surface area contributed by atoms with Crippen LogP contribution < -0.4 is 21.6 Å². The third-order valence-corrected chi connectivity index (χ3v) is 4.51. The highest BCUT2D eigenvalue weighted by atomic mass is 16.5. The number of aryl methyl sites for hydroxylation is 1. The zero-order chi connectivity index (χ0) is 17.5. The van der Waals surface area contributed by atoms with Crippen molar-refractivity contribution in [3.05, 3.63) is 29.2 Å². The Morgan fingerprint density at radius 1 is 1.33 bits per heavy atom. The molecule has 0 unspecified atom stereocenters. The summed E-state index contributed by atoms with van der Waals surface area (Å²) in [5.74, 6) is 6.78. The molecule has 6 nitrogen and oxygen atoms in total. The molecule has 0 amide bonds. The second kappa shape index (κ2) is 8.89. The van der Waals surface area contributed by atoms with Crippen LogP contribution in [0.3, 0.4) is 0 Å². The monoisotopic (exact) mass is 333 g/mol. The Morgan fingerprint density at radius 2 is 2.04 bits per heavy atom. The molecule has 1 fully saturated rings. The van der Waals surface area contributed by atoms with Crippen LogP contribution in [0.25, 0.3) is 5.70 Å². The number of aromatic nitrogens is 1. The average molecular weight is 333 g/mol. The number of rotatable bonds is 7. The SMILES string of the molecule is CNCC/C(=C(/N)c1ccc(OC2CCCCC2)c(C)n1)N(C)N. The molecule has 0 bridgehead atoms. The number of pyridine rings is 1. The molecule has 2 rings (SSSR count). The van der Waals surface area contributed by atoms with E-state index in [2.05, 4.69) is 10.3 Å². The summed E-state index contributed by atoms with van der Waals surface area (Å²) in [6, 6.07) is 3.90. The highest BCUT2D eigenvalue weighted by molar-refractivity contribution is 5.63. The van der Waals surface area contributed by atoms with Gasteiger partial charge in [-0.25, -0.2) is 10.8 Å². The maximum absolute atomic E-state index is 6.31. The van der Waals surface area contributed by atoms with Crippen molar-refractivity contribution in [1.29, 1.82) is 0 Å². The van der Waals surface area contributed by atoms with Crippen LogP contribution in [0.2, 0.25) is 0 Å². The van der Waals surface area contributed by atoms with Crippen molar-refractivity contribution in [2.45, 2.75) is 51.6 Å². The fraction of sp³-hybridized carbons (Fsp3) is 0.611. The first-order chi connectivity index (χ1) is 11.5. The van der Waals surface area contributed by atoms with E-state index in [9.17, 15) is 0 Å². The molecule has 0 radical (unpaired) electrons. The number of nitrogens with one attached hydrogen (secondary N) is 1. The molecule has 6 heteroatoms. The van der Waals surface area contributed by atoms with E-state index in [-0.39, 0.29) is 0 Å². The Balaban J connectivity index is 2.17. The first-order valence-corrected chi connectivity index (χ1v) is 8.79. The normalized spacial score (nSPS) is 16.7. The standard InChI is InChI=1S/C18H31N5O/c1-13-17(24-14-7-5-4-6-8-14)10-9-15(22-13)18(19)16(23(3)20)11-12-21-2/h9-10,14,21H,4-8,11-12,19-20H2,1-3H3/b18-16-. The van der Waals surface area contributed by atoms with Crippen LogP contribution in [0.4, 0.5) is 0 Å².